The third-order valence-corrected chi connectivity index (χ3v) is 3.66. The van der Waals surface area contributed by atoms with Crippen molar-refractivity contribution in [1.82, 2.24) is 9.55 Å². The van der Waals surface area contributed by atoms with Crippen molar-refractivity contribution in [3.05, 3.63) is 32.9 Å². The van der Waals surface area contributed by atoms with E-state index in [1.54, 1.807) is 4.98 Å². The largest absolute Gasteiger partial charge is 0.463 e. The van der Waals surface area contributed by atoms with Gasteiger partial charge in [-0.15, -0.1) is 0 Å². The Bertz CT molecular complexity index is 790. The molecular weight excluding hydrogens is 346 g/mol. The van der Waals surface area contributed by atoms with Crippen molar-refractivity contribution in [1.29, 1.82) is 0 Å². The quantitative estimate of drug-likeness (QED) is 0.721. The number of carbonyl (C=O) groups excluding carboxylic acids is 2. The maximum Gasteiger partial charge on any atom is 0.330 e. The second kappa shape index (κ2) is 7.13. The molecule has 0 bridgehead atoms. The van der Waals surface area contributed by atoms with Gasteiger partial charge in [0.25, 0.3) is 5.56 Å². The lowest BCUT2D eigenvalue weighted by atomic mass is 9.99. The summed E-state index contributed by atoms with van der Waals surface area (Å²) in [4.78, 5) is 47.0. The van der Waals surface area contributed by atoms with Gasteiger partial charge in [-0.1, -0.05) is 0 Å². The van der Waals surface area contributed by atoms with Crippen LogP contribution in [0.1, 0.15) is 26.5 Å². The highest BCUT2D eigenvalue weighted by Gasteiger charge is 2.53. The molecule has 0 radical (unpaired) electrons. The molecule has 1 aliphatic heterocycles. The van der Waals surface area contributed by atoms with Crippen LogP contribution in [0.4, 0.5) is 8.78 Å². The summed E-state index contributed by atoms with van der Waals surface area (Å²) >= 11 is 0. The molecule has 1 N–H and O–H groups in total. The zero-order valence-corrected chi connectivity index (χ0v) is 13.4. The number of nitrogens with one attached hydrogen (secondary N) is 1. The van der Waals surface area contributed by atoms with E-state index in [0.29, 0.717) is 10.8 Å². The van der Waals surface area contributed by atoms with Gasteiger partial charge in [-0.05, 0) is 0 Å². The molecule has 11 heteroatoms. The first-order valence-electron chi connectivity index (χ1n) is 7.24. The Kier molecular flexibility index (Phi) is 5.36. The Labute approximate surface area is 139 Å². The minimum Gasteiger partial charge on any atom is -0.463 e. The predicted octanol–water partition coefficient (Wildman–Crippen LogP) is -0.202. The van der Waals surface area contributed by atoms with E-state index in [1.807, 2.05) is 0 Å². The third kappa shape index (κ3) is 3.92. The van der Waals surface area contributed by atoms with Gasteiger partial charge in [-0.3, -0.25) is 23.9 Å². The Morgan fingerprint density at radius 3 is 2.64 bits per heavy atom. The summed E-state index contributed by atoms with van der Waals surface area (Å²) in [6, 6.07) is 0. The highest BCUT2D eigenvalue weighted by molar-refractivity contribution is 5.66. The van der Waals surface area contributed by atoms with Crippen molar-refractivity contribution < 1.29 is 32.6 Å². The van der Waals surface area contributed by atoms with Crippen molar-refractivity contribution in [2.75, 3.05) is 13.3 Å². The van der Waals surface area contributed by atoms with Crippen LogP contribution in [0.15, 0.2) is 15.8 Å². The third-order valence-electron chi connectivity index (χ3n) is 3.66. The fourth-order valence-corrected chi connectivity index (χ4v) is 2.50. The molecule has 0 saturated carbocycles. The van der Waals surface area contributed by atoms with E-state index in [4.69, 9.17) is 14.2 Å². The summed E-state index contributed by atoms with van der Waals surface area (Å²) in [6.07, 6.45) is -2.04. The lowest BCUT2D eigenvalue weighted by molar-refractivity contribution is -0.179. The van der Waals surface area contributed by atoms with Crippen LogP contribution in [-0.4, -0.2) is 46.5 Å². The van der Waals surface area contributed by atoms with E-state index in [-0.39, 0.29) is 6.42 Å². The molecule has 2 rings (SSSR count). The molecule has 1 aromatic rings. The van der Waals surface area contributed by atoms with Gasteiger partial charge in [0.2, 0.25) is 5.82 Å². The summed E-state index contributed by atoms with van der Waals surface area (Å²) in [5.41, 5.74) is -4.05. The van der Waals surface area contributed by atoms with Crippen molar-refractivity contribution in [2.45, 2.75) is 38.2 Å². The van der Waals surface area contributed by atoms with Gasteiger partial charge < -0.3 is 14.2 Å². The molecule has 0 aliphatic carbocycles. The van der Waals surface area contributed by atoms with Gasteiger partial charge >= 0.3 is 17.6 Å². The summed E-state index contributed by atoms with van der Waals surface area (Å²) in [5.74, 6) is -2.70. The smallest absolute Gasteiger partial charge is 0.330 e. The SMILES string of the molecule is CC(=O)OC[C@@]1(CF)O[C@@H](n2cc(F)c(=O)[nH]c2=O)C[C@@H]1OC(C)=O. The lowest BCUT2D eigenvalue weighted by Gasteiger charge is -2.30. The highest BCUT2D eigenvalue weighted by atomic mass is 19.1. The highest BCUT2D eigenvalue weighted by Crippen LogP contribution is 2.39. The van der Waals surface area contributed by atoms with Gasteiger partial charge in [0.05, 0.1) is 6.20 Å². The number of carbonyl (C=O) groups is 2. The van der Waals surface area contributed by atoms with E-state index in [2.05, 4.69) is 0 Å². The zero-order chi connectivity index (χ0) is 18.8. The molecular formula is C14H16F2N2O7. The van der Waals surface area contributed by atoms with E-state index in [1.165, 1.54) is 0 Å². The van der Waals surface area contributed by atoms with Crippen molar-refractivity contribution in [3.63, 3.8) is 0 Å². The average Bonchev–Trinajstić information content (AvgIpc) is 2.87. The number of alkyl halides is 1. The number of hydrogen-bond donors (Lipinski definition) is 1. The monoisotopic (exact) mass is 362 g/mol. The average molecular weight is 362 g/mol. The second-order valence-corrected chi connectivity index (χ2v) is 5.53. The van der Waals surface area contributed by atoms with Crippen LogP contribution in [-0.2, 0) is 23.8 Å². The number of H-pyrrole nitrogens is 1. The molecule has 1 aromatic heterocycles. The zero-order valence-electron chi connectivity index (χ0n) is 13.4. The minimum absolute atomic E-state index is 0.212. The molecule has 0 aromatic carbocycles. The summed E-state index contributed by atoms with van der Waals surface area (Å²) < 4.78 is 43.1. The van der Waals surface area contributed by atoms with Crippen LogP contribution in [0, 0.1) is 5.82 Å². The number of ether oxygens (including phenoxy) is 3. The van der Waals surface area contributed by atoms with Crippen LogP contribution in [0.3, 0.4) is 0 Å². The molecule has 3 atom stereocenters. The van der Waals surface area contributed by atoms with Gasteiger partial charge in [0.15, 0.2) is 5.60 Å². The molecule has 0 amide bonds. The Hall–Kier alpha value is -2.56. The molecule has 25 heavy (non-hydrogen) atoms. The van der Waals surface area contributed by atoms with Crippen LogP contribution < -0.4 is 11.2 Å². The van der Waals surface area contributed by atoms with Crippen LogP contribution in [0.25, 0.3) is 0 Å². The Morgan fingerprint density at radius 2 is 2.08 bits per heavy atom. The van der Waals surface area contributed by atoms with E-state index in [9.17, 15) is 28.0 Å². The molecule has 1 aliphatic rings. The molecule has 138 valence electrons. The summed E-state index contributed by atoms with van der Waals surface area (Å²) in [6.45, 7) is 0.415. The normalized spacial score (nSPS) is 25.6. The first-order valence-corrected chi connectivity index (χ1v) is 7.24. The standard InChI is InChI=1S/C14H16F2N2O7/c1-7(19)23-6-14(5-15)10(24-8(2)20)3-11(25-14)18-4-9(16)12(21)17-13(18)22/h4,10-11H,3,5-6H2,1-2H3,(H,17,21,22)/t10-,11+,14+/m0/s1. The molecule has 1 saturated heterocycles. The molecule has 0 unspecified atom stereocenters. The van der Waals surface area contributed by atoms with E-state index < -0.39 is 60.2 Å². The van der Waals surface area contributed by atoms with Crippen molar-refractivity contribution in [2.24, 2.45) is 0 Å². The van der Waals surface area contributed by atoms with Crippen LogP contribution in [0.2, 0.25) is 0 Å². The van der Waals surface area contributed by atoms with E-state index >= 15 is 0 Å². The summed E-state index contributed by atoms with van der Waals surface area (Å²) in [5, 5.41) is 0. The minimum atomic E-state index is -1.85. The fourth-order valence-electron chi connectivity index (χ4n) is 2.50. The maximum absolute atomic E-state index is 13.7. The number of hydrogen-bond acceptors (Lipinski definition) is 7. The topological polar surface area (TPSA) is 117 Å². The number of aromatic nitrogens is 2. The number of aromatic amines is 1. The molecule has 0 spiro atoms. The molecule has 2 heterocycles. The van der Waals surface area contributed by atoms with Crippen molar-refractivity contribution >= 4 is 11.9 Å². The van der Waals surface area contributed by atoms with Gasteiger partial charge in [0, 0.05) is 20.3 Å². The fraction of sp³-hybridized carbons (Fsp3) is 0.571. The maximum atomic E-state index is 13.7. The number of nitrogens with zero attached hydrogens (tertiary/aromatic N) is 1. The predicted molar refractivity (Wildman–Crippen MR) is 76.9 cm³/mol. The van der Waals surface area contributed by atoms with Gasteiger partial charge in [0.1, 0.15) is 25.6 Å². The molecule has 9 nitrogen and oxygen atoms in total. The van der Waals surface area contributed by atoms with Crippen LogP contribution >= 0.6 is 0 Å². The van der Waals surface area contributed by atoms with Gasteiger partial charge in [-0.25, -0.2) is 9.18 Å². The van der Waals surface area contributed by atoms with Crippen LogP contribution in [0.5, 0.6) is 0 Å². The number of halogens is 2. The van der Waals surface area contributed by atoms with Gasteiger partial charge in [-0.2, -0.15) is 4.39 Å². The summed E-state index contributed by atoms with van der Waals surface area (Å²) in [7, 11) is 0. The van der Waals surface area contributed by atoms with E-state index in [0.717, 1.165) is 13.8 Å². The Balaban J connectivity index is 2.39. The second-order valence-electron chi connectivity index (χ2n) is 5.53. The first-order chi connectivity index (χ1) is 11.7. The Morgan fingerprint density at radius 1 is 1.40 bits per heavy atom. The molecule has 1 fully saturated rings. The number of esters is 2. The lowest BCUT2D eigenvalue weighted by Crippen LogP contribution is -2.48. The van der Waals surface area contributed by atoms with Crippen molar-refractivity contribution in [3.8, 4) is 0 Å². The first kappa shape index (κ1) is 18.8. The number of rotatable bonds is 5.